The number of nitrogens with zero attached hydrogens (tertiary/aromatic N) is 1. The number of H-pyrrole nitrogens is 1. The summed E-state index contributed by atoms with van der Waals surface area (Å²) in [6.45, 7) is 6.40. The highest BCUT2D eigenvalue weighted by Gasteiger charge is 2.23. The summed E-state index contributed by atoms with van der Waals surface area (Å²) < 4.78 is 5.15. The Hall–Kier alpha value is -2.89. The molecule has 6 heteroatoms. The predicted molar refractivity (Wildman–Crippen MR) is 98.2 cm³/mol. The van der Waals surface area contributed by atoms with E-state index in [9.17, 15) is 14.4 Å². The maximum Gasteiger partial charge on any atom is 0.355 e. The zero-order valence-corrected chi connectivity index (χ0v) is 15.8. The smallest absolute Gasteiger partial charge is 0.355 e. The van der Waals surface area contributed by atoms with Crippen LogP contribution in [-0.4, -0.2) is 41.2 Å². The molecule has 0 saturated heterocycles. The summed E-state index contributed by atoms with van der Waals surface area (Å²) in [6, 6.07) is 9.47. The number of aromatic nitrogens is 1. The number of hydrogen-bond acceptors (Lipinski definition) is 4. The van der Waals surface area contributed by atoms with Crippen molar-refractivity contribution >= 4 is 17.7 Å². The first-order valence-corrected chi connectivity index (χ1v) is 8.41. The number of hydrogen-bond donors (Lipinski definition) is 1. The highest BCUT2D eigenvalue weighted by Crippen LogP contribution is 2.20. The van der Waals surface area contributed by atoms with Crippen LogP contribution in [0.4, 0.5) is 0 Å². The number of carbonyl (C=O) groups is 3. The van der Waals surface area contributed by atoms with Gasteiger partial charge in [0.05, 0.1) is 6.04 Å². The Morgan fingerprint density at radius 1 is 1.15 bits per heavy atom. The lowest BCUT2D eigenvalue weighted by Gasteiger charge is -2.25. The van der Waals surface area contributed by atoms with Crippen molar-refractivity contribution in [1.29, 1.82) is 0 Å². The molecule has 0 spiro atoms. The number of amides is 1. The van der Waals surface area contributed by atoms with Gasteiger partial charge in [-0.3, -0.25) is 9.59 Å². The van der Waals surface area contributed by atoms with E-state index in [-0.39, 0.29) is 30.0 Å². The van der Waals surface area contributed by atoms with E-state index in [4.69, 9.17) is 4.74 Å². The SMILES string of the molecule is CC(=O)c1c(C)[nH]c(C(=O)OCC(=O)N(C)C(C)c2ccccc2)c1C. The average Bonchev–Trinajstić information content (AvgIpc) is 2.93. The molecule has 1 aromatic carbocycles. The van der Waals surface area contributed by atoms with Gasteiger partial charge < -0.3 is 14.6 Å². The molecule has 6 nitrogen and oxygen atoms in total. The molecule has 0 aliphatic carbocycles. The van der Waals surface area contributed by atoms with Crippen LogP contribution >= 0.6 is 0 Å². The Bertz CT molecular complexity index is 824. The molecule has 1 heterocycles. The minimum Gasteiger partial charge on any atom is -0.451 e. The van der Waals surface area contributed by atoms with Crippen molar-refractivity contribution in [2.75, 3.05) is 13.7 Å². The van der Waals surface area contributed by atoms with Crippen molar-refractivity contribution in [3.8, 4) is 0 Å². The van der Waals surface area contributed by atoms with Crippen molar-refractivity contribution in [3.63, 3.8) is 0 Å². The fourth-order valence-electron chi connectivity index (χ4n) is 2.95. The molecule has 1 N–H and O–H groups in total. The molecule has 1 atom stereocenters. The summed E-state index contributed by atoms with van der Waals surface area (Å²) in [5.74, 6) is -1.07. The number of benzene rings is 1. The minimum atomic E-state index is -0.646. The van der Waals surface area contributed by atoms with E-state index in [0.29, 0.717) is 16.8 Å². The standard InChI is InChI=1S/C20H24N2O4/c1-12-18(15(4)23)13(2)21-19(12)20(25)26-11-17(24)22(5)14(3)16-9-7-6-8-10-16/h6-10,14,21H,11H2,1-5H3. The van der Waals surface area contributed by atoms with E-state index < -0.39 is 5.97 Å². The highest BCUT2D eigenvalue weighted by atomic mass is 16.5. The van der Waals surface area contributed by atoms with Gasteiger partial charge in [-0.2, -0.15) is 0 Å². The number of ketones is 1. The summed E-state index contributed by atoms with van der Waals surface area (Å²) in [5, 5.41) is 0. The zero-order chi connectivity index (χ0) is 19.4. The molecule has 0 saturated carbocycles. The van der Waals surface area contributed by atoms with E-state index in [1.807, 2.05) is 37.3 Å². The van der Waals surface area contributed by atoms with Gasteiger partial charge in [-0.25, -0.2) is 4.79 Å². The van der Waals surface area contributed by atoms with Crippen LogP contribution in [0.1, 0.15) is 57.6 Å². The summed E-state index contributed by atoms with van der Waals surface area (Å²) in [4.78, 5) is 40.7. The molecule has 0 radical (unpaired) electrons. The van der Waals surface area contributed by atoms with Gasteiger partial charge in [0, 0.05) is 18.3 Å². The van der Waals surface area contributed by atoms with E-state index in [2.05, 4.69) is 4.98 Å². The van der Waals surface area contributed by atoms with Crippen LogP contribution in [0.2, 0.25) is 0 Å². The molecule has 1 amide bonds. The fraction of sp³-hybridized carbons (Fsp3) is 0.350. The normalized spacial score (nSPS) is 11.7. The molecule has 1 unspecified atom stereocenters. The zero-order valence-electron chi connectivity index (χ0n) is 15.8. The first kappa shape index (κ1) is 19.4. The van der Waals surface area contributed by atoms with Gasteiger partial charge in [-0.1, -0.05) is 30.3 Å². The largest absolute Gasteiger partial charge is 0.451 e. The molecule has 2 aromatic rings. The van der Waals surface area contributed by atoms with E-state index >= 15 is 0 Å². The molecule has 0 aliphatic heterocycles. The van der Waals surface area contributed by atoms with Crippen LogP contribution in [0.15, 0.2) is 30.3 Å². The van der Waals surface area contributed by atoms with Crippen molar-refractivity contribution < 1.29 is 19.1 Å². The van der Waals surface area contributed by atoms with Gasteiger partial charge in [0.1, 0.15) is 5.69 Å². The van der Waals surface area contributed by atoms with Crippen molar-refractivity contribution in [2.45, 2.75) is 33.7 Å². The summed E-state index contributed by atoms with van der Waals surface area (Å²) in [6.07, 6.45) is 0. The van der Waals surface area contributed by atoms with Gasteiger partial charge >= 0.3 is 5.97 Å². The average molecular weight is 356 g/mol. The number of nitrogens with one attached hydrogen (secondary N) is 1. The third kappa shape index (κ3) is 4.02. The number of ether oxygens (including phenoxy) is 1. The van der Waals surface area contributed by atoms with Crippen LogP contribution in [0.25, 0.3) is 0 Å². The number of rotatable bonds is 6. The highest BCUT2D eigenvalue weighted by molar-refractivity contribution is 6.01. The van der Waals surface area contributed by atoms with Gasteiger partial charge in [-0.05, 0) is 38.8 Å². The van der Waals surface area contributed by atoms with E-state index in [0.717, 1.165) is 5.56 Å². The Kier molecular flexibility index (Phi) is 5.97. The van der Waals surface area contributed by atoms with Crippen LogP contribution in [0.5, 0.6) is 0 Å². The molecule has 138 valence electrons. The maximum atomic E-state index is 12.3. The number of likely N-dealkylation sites (N-methyl/N-ethyl adjacent to an activating group) is 1. The molecular weight excluding hydrogens is 332 g/mol. The summed E-state index contributed by atoms with van der Waals surface area (Å²) >= 11 is 0. The monoisotopic (exact) mass is 356 g/mol. The van der Waals surface area contributed by atoms with Crippen LogP contribution in [0.3, 0.4) is 0 Å². The Morgan fingerprint density at radius 3 is 2.31 bits per heavy atom. The van der Waals surface area contributed by atoms with Gasteiger partial charge in [0.2, 0.25) is 0 Å². The molecule has 0 bridgehead atoms. The molecule has 0 fully saturated rings. The molecule has 0 aliphatic rings. The van der Waals surface area contributed by atoms with Crippen molar-refractivity contribution in [3.05, 3.63) is 58.4 Å². The predicted octanol–water partition coefficient (Wildman–Crippen LogP) is 3.21. The quantitative estimate of drug-likeness (QED) is 0.637. The maximum absolute atomic E-state index is 12.3. The second-order valence-corrected chi connectivity index (χ2v) is 6.35. The molecular formula is C20H24N2O4. The topological polar surface area (TPSA) is 79.5 Å². The molecule has 26 heavy (non-hydrogen) atoms. The van der Waals surface area contributed by atoms with Crippen molar-refractivity contribution in [1.82, 2.24) is 9.88 Å². The summed E-state index contributed by atoms with van der Waals surface area (Å²) in [5.41, 5.74) is 2.84. The lowest BCUT2D eigenvalue weighted by Crippen LogP contribution is -2.33. The third-order valence-electron chi connectivity index (χ3n) is 4.58. The number of carbonyl (C=O) groups excluding carboxylic acids is 3. The van der Waals surface area contributed by atoms with Gasteiger partial charge in [-0.15, -0.1) is 0 Å². The minimum absolute atomic E-state index is 0.122. The second-order valence-electron chi connectivity index (χ2n) is 6.35. The third-order valence-corrected chi connectivity index (χ3v) is 4.58. The Balaban J connectivity index is 2.02. The van der Waals surface area contributed by atoms with Gasteiger partial charge in [0.15, 0.2) is 12.4 Å². The number of esters is 1. The Morgan fingerprint density at radius 2 is 1.77 bits per heavy atom. The summed E-state index contributed by atoms with van der Waals surface area (Å²) in [7, 11) is 1.67. The second kappa shape index (κ2) is 7.99. The lowest BCUT2D eigenvalue weighted by atomic mass is 10.1. The van der Waals surface area contributed by atoms with E-state index in [1.54, 1.807) is 20.9 Å². The van der Waals surface area contributed by atoms with Gasteiger partial charge in [0.25, 0.3) is 5.91 Å². The molecule has 2 rings (SSSR count). The van der Waals surface area contributed by atoms with E-state index in [1.165, 1.54) is 11.8 Å². The van der Waals surface area contributed by atoms with Crippen LogP contribution < -0.4 is 0 Å². The number of Topliss-reactive ketones (excluding diaryl/α,β-unsaturated/α-hetero) is 1. The lowest BCUT2D eigenvalue weighted by molar-refractivity contribution is -0.135. The fourth-order valence-corrected chi connectivity index (χ4v) is 2.95. The number of aromatic amines is 1. The first-order chi connectivity index (χ1) is 12.2. The van der Waals surface area contributed by atoms with Crippen molar-refractivity contribution in [2.24, 2.45) is 0 Å². The van der Waals surface area contributed by atoms with Crippen LogP contribution in [0, 0.1) is 13.8 Å². The molecule has 1 aromatic heterocycles. The first-order valence-electron chi connectivity index (χ1n) is 8.41. The Labute approximate surface area is 153 Å². The van der Waals surface area contributed by atoms with Crippen LogP contribution in [-0.2, 0) is 9.53 Å². The number of aryl methyl sites for hydroxylation is 1.